The van der Waals surface area contributed by atoms with E-state index in [0.29, 0.717) is 12.5 Å². The fourth-order valence-electron chi connectivity index (χ4n) is 2.12. The lowest BCUT2D eigenvalue weighted by Gasteiger charge is -2.25. The molecule has 1 aromatic heterocycles. The van der Waals surface area contributed by atoms with Crippen LogP contribution in [0.5, 0.6) is 0 Å². The molecule has 1 saturated carbocycles. The van der Waals surface area contributed by atoms with Crippen LogP contribution in [0.3, 0.4) is 0 Å². The predicted octanol–water partition coefficient (Wildman–Crippen LogP) is -0.0546. The Hall–Kier alpha value is -1.43. The van der Waals surface area contributed by atoms with Crippen molar-refractivity contribution in [2.75, 3.05) is 6.54 Å². The van der Waals surface area contributed by atoms with E-state index in [1.807, 2.05) is 0 Å². The summed E-state index contributed by atoms with van der Waals surface area (Å²) in [6.07, 6.45) is 6.48. The normalized spacial score (nSPS) is 24.5. The molecule has 0 aromatic carbocycles. The Morgan fingerprint density at radius 2 is 2.18 bits per heavy atom. The molecular weight excluding hydrogens is 220 g/mol. The maximum Gasteiger partial charge on any atom is 0.241 e. The number of aliphatic hydroxyl groups is 1. The first kappa shape index (κ1) is 12.0. The summed E-state index contributed by atoms with van der Waals surface area (Å²) < 4.78 is 1.50. The van der Waals surface area contributed by atoms with Crippen molar-refractivity contribution >= 4 is 5.91 Å². The van der Waals surface area contributed by atoms with E-state index in [4.69, 9.17) is 0 Å². The highest BCUT2D eigenvalue weighted by Gasteiger charge is 2.19. The number of nitrogens with zero attached hydrogens (tertiary/aromatic N) is 3. The van der Waals surface area contributed by atoms with E-state index in [-0.39, 0.29) is 18.6 Å². The van der Waals surface area contributed by atoms with Crippen LogP contribution in [0, 0.1) is 5.92 Å². The van der Waals surface area contributed by atoms with E-state index in [1.54, 1.807) is 0 Å². The van der Waals surface area contributed by atoms with Gasteiger partial charge in [0, 0.05) is 6.54 Å². The van der Waals surface area contributed by atoms with E-state index >= 15 is 0 Å². The van der Waals surface area contributed by atoms with Crippen LogP contribution in [0.25, 0.3) is 0 Å². The lowest BCUT2D eigenvalue weighted by atomic mass is 9.87. The summed E-state index contributed by atoms with van der Waals surface area (Å²) in [7, 11) is 0. The molecule has 6 nitrogen and oxygen atoms in total. The van der Waals surface area contributed by atoms with Crippen molar-refractivity contribution in [3.63, 3.8) is 0 Å². The van der Waals surface area contributed by atoms with Crippen LogP contribution in [0.4, 0.5) is 0 Å². The summed E-state index contributed by atoms with van der Waals surface area (Å²) >= 11 is 0. The zero-order valence-corrected chi connectivity index (χ0v) is 9.75. The Balaban J connectivity index is 1.66. The molecule has 1 aromatic rings. The summed E-state index contributed by atoms with van der Waals surface area (Å²) in [6, 6.07) is 0. The van der Waals surface area contributed by atoms with Gasteiger partial charge in [0.1, 0.15) is 19.2 Å². The Bertz CT molecular complexity index is 344. The highest BCUT2D eigenvalue weighted by Crippen LogP contribution is 2.23. The van der Waals surface area contributed by atoms with Crippen LogP contribution < -0.4 is 5.32 Å². The minimum absolute atomic E-state index is 0.0402. The second-order valence-corrected chi connectivity index (χ2v) is 4.57. The van der Waals surface area contributed by atoms with E-state index < -0.39 is 0 Å². The minimum Gasteiger partial charge on any atom is -0.393 e. The maximum absolute atomic E-state index is 11.6. The van der Waals surface area contributed by atoms with Gasteiger partial charge in [-0.05, 0) is 31.6 Å². The lowest BCUT2D eigenvalue weighted by Crippen LogP contribution is -2.34. The number of aliphatic hydroxyl groups excluding tert-OH is 1. The van der Waals surface area contributed by atoms with Crippen LogP contribution in [-0.4, -0.2) is 38.4 Å². The van der Waals surface area contributed by atoms with Gasteiger partial charge in [0.2, 0.25) is 5.91 Å². The van der Waals surface area contributed by atoms with Gasteiger partial charge in [-0.15, -0.1) is 0 Å². The molecule has 0 aliphatic heterocycles. The number of carbonyl (C=O) groups excluding carboxylic acids is 1. The molecular formula is C11H18N4O2. The zero-order chi connectivity index (χ0) is 12.1. The van der Waals surface area contributed by atoms with Crippen LogP contribution in [0.2, 0.25) is 0 Å². The predicted molar refractivity (Wildman–Crippen MR) is 61.0 cm³/mol. The first-order chi connectivity index (χ1) is 8.24. The average molecular weight is 238 g/mol. The molecule has 0 bridgehead atoms. The smallest absolute Gasteiger partial charge is 0.241 e. The van der Waals surface area contributed by atoms with Gasteiger partial charge in [0.05, 0.1) is 6.10 Å². The molecule has 0 unspecified atom stereocenters. The van der Waals surface area contributed by atoms with E-state index in [0.717, 1.165) is 25.7 Å². The van der Waals surface area contributed by atoms with Crippen molar-refractivity contribution < 1.29 is 9.90 Å². The molecule has 0 spiro atoms. The lowest BCUT2D eigenvalue weighted by molar-refractivity contribution is -0.122. The number of aromatic nitrogens is 3. The molecule has 0 atom stereocenters. The number of rotatable bonds is 4. The standard InChI is InChI=1S/C11H18N4O2/c16-10-3-1-9(2-4-10)5-13-11(17)6-15-8-12-7-14-15/h7-10,16H,1-6H2,(H,13,17). The van der Waals surface area contributed by atoms with E-state index in [2.05, 4.69) is 15.4 Å². The largest absolute Gasteiger partial charge is 0.393 e. The Morgan fingerprint density at radius 1 is 1.41 bits per heavy atom. The SMILES string of the molecule is O=C(Cn1cncn1)NCC1CCC(O)CC1. The van der Waals surface area contributed by atoms with Crippen molar-refractivity contribution in [1.29, 1.82) is 0 Å². The molecule has 94 valence electrons. The van der Waals surface area contributed by atoms with E-state index in [9.17, 15) is 9.90 Å². The monoisotopic (exact) mass is 238 g/mol. The van der Waals surface area contributed by atoms with Crippen molar-refractivity contribution in [1.82, 2.24) is 20.1 Å². The minimum atomic E-state index is -0.142. The molecule has 1 aliphatic rings. The summed E-state index contributed by atoms with van der Waals surface area (Å²) in [5.74, 6) is 0.458. The first-order valence-corrected chi connectivity index (χ1v) is 6.01. The van der Waals surface area contributed by atoms with Crippen LogP contribution >= 0.6 is 0 Å². The molecule has 6 heteroatoms. The van der Waals surface area contributed by atoms with Crippen LogP contribution in [0.15, 0.2) is 12.7 Å². The van der Waals surface area contributed by atoms with Gasteiger partial charge in [0.25, 0.3) is 0 Å². The zero-order valence-electron chi connectivity index (χ0n) is 9.75. The fraction of sp³-hybridized carbons (Fsp3) is 0.727. The van der Waals surface area contributed by atoms with Gasteiger partial charge in [-0.25, -0.2) is 9.67 Å². The van der Waals surface area contributed by atoms with Gasteiger partial charge in [0.15, 0.2) is 0 Å². The number of nitrogens with one attached hydrogen (secondary N) is 1. The summed E-state index contributed by atoms with van der Waals surface area (Å²) in [6.45, 7) is 0.912. The second kappa shape index (κ2) is 5.77. The molecule has 2 rings (SSSR count). The van der Waals surface area contributed by atoms with Gasteiger partial charge < -0.3 is 10.4 Å². The highest BCUT2D eigenvalue weighted by atomic mass is 16.3. The van der Waals surface area contributed by atoms with Crippen molar-refractivity contribution in [3.8, 4) is 0 Å². The summed E-state index contributed by atoms with van der Waals surface area (Å²) in [5, 5.41) is 16.1. The number of hydrogen-bond donors (Lipinski definition) is 2. The van der Waals surface area contributed by atoms with Gasteiger partial charge in [-0.1, -0.05) is 0 Å². The Kier molecular flexibility index (Phi) is 4.08. The molecule has 1 amide bonds. The number of hydrogen-bond acceptors (Lipinski definition) is 4. The Labute approximate surface area is 100 Å². The third-order valence-corrected chi connectivity index (χ3v) is 3.18. The first-order valence-electron chi connectivity index (χ1n) is 6.01. The van der Waals surface area contributed by atoms with Crippen molar-refractivity contribution in [2.24, 2.45) is 5.92 Å². The molecule has 1 fully saturated rings. The Morgan fingerprint density at radius 3 is 2.82 bits per heavy atom. The van der Waals surface area contributed by atoms with Crippen LogP contribution in [-0.2, 0) is 11.3 Å². The van der Waals surface area contributed by atoms with Gasteiger partial charge in [-0.2, -0.15) is 5.10 Å². The van der Waals surface area contributed by atoms with Crippen molar-refractivity contribution in [3.05, 3.63) is 12.7 Å². The van der Waals surface area contributed by atoms with Crippen molar-refractivity contribution in [2.45, 2.75) is 38.3 Å². The quantitative estimate of drug-likeness (QED) is 0.770. The second-order valence-electron chi connectivity index (χ2n) is 4.57. The fourth-order valence-corrected chi connectivity index (χ4v) is 2.12. The third-order valence-electron chi connectivity index (χ3n) is 3.18. The average Bonchev–Trinajstić information content (AvgIpc) is 2.81. The summed E-state index contributed by atoms with van der Waals surface area (Å²) in [5.41, 5.74) is 0. The molecule has 2 N–H and O–H groups in total. The maximum atomic E-state index is 11.6. The van der Waals surface area contributed by atoms with Gasteiger partial charge >= 0.3 is 0 Å². The van der Waals surface area contributed by atoms with Gasteiger partial charge in [-0.3, -0.25) is 4.79 Å². The molecule has 0 saturated heterocycles. The molecule has 17 heavy (non-hydrogen) atoms. The number of carbonyl (C=O) groups is 1. The number of amides is 1. The third kappa shape index (κ3) is 3.81. The van der Waals surface area contributed by atoms with E-state index in [1.165, 1.54) is 17.3 Å². The topological polar surface area (TPSA) is 80.0 Å². The highest BCUT2D eigenvalue weighted by molar-refractivity contribution is 5.75. The van der Waals surface area contributed by atoms with Crippen LogP contribution in [0.1, 0.15) is 25.7 Å². The molecule has 0 radical (unpaired) electrons. The molecule has 1 aliphatic carbocycles. The molecule has 1 heterocycles. The summed E-state index contributed by atoms with van der Waals surface area (Å²) in [4.78, 5) is 15.3.